The number of ether oxygens (including phenoxy) is 2. The molecule has 0 saturated carbocycles. The van der Waals surface area contributed by atoms with Crippen LogP contribution in [0.15, 0.2) is 42.5 Å². The zero-order chi connectivity index (χ0) is 20.4. The highest BCUT2D eigenvalue weighted by atomic mass is 16.7. The Kier molecular flexibility index (Phi) is 5.45. The van der Waals surface area contributed by atoms with Gasteiger partial charge in [0.25, 0.3) is 0 Å². The Morgan fingerprint density at radius 2 is 1.83 bits per heavy atom. The number of anilines is 1. The molecule has 1 atom stereocenters. The van der Waals surface area contributed by atoms with Crippen molar-refractivity contribution in [3.05, 3.63) is 53.6 Å². The van der Waals surface area contributed by atoms with Gasteiger partial charge in [-0.15, -0.1) is 0 Å². The molecule has 0 spiro atoms. The molecule has 1 saturated heterocycles. The highest BCUT2D eigenvalue weighted by Gasteiger charge is 2.35. The molecule has 0 aliphatic carbocycles. The van der Waals surface area contributed by atoms with Gasteiger partial charge in [0.15, 0.2) is 11.5 Å². The van der Waals surface area contributed by atoms with E-state index in [4.69, 9.17) is 9.47 Å². The Labute approximate surface area is 169 Å². The molecule has 0 aromatic heterocycles. The van der Waals surface area contributed by atoms with Crippen LogP contribution < -0.4 is 14.8 Å². The maximum absolute atomic E-state index is 11.1. The molecule has 1 amide bonds. The summed E-state index contributed by atoms with van der Waals surface area (Å²) >= 11 is 0. The summed E-state index contributed by atoms with van der Waals surface area (Å²) in [5.74, 6) is 1.26. The molecule has 3 N–H and O–H groups in total. The van der Waals surface area contributed by atoms with Crippen LogP contribution in [0.3, 0.4) is 0 Å². The van der Waals surface area contributed by atoms with Crippen LogP contribution in [0.5, 0.6) is 11.5 Å². The van der Waals surface area contributed by atoms with E-state index in [1.54, 1.807) is 12.1 Å². The summed E-state index contributed by atoms with van der Waals surface area (Å²) in [4.78, 5) is 13.3. The van der Waals surface area contributed by atoms with Gasteiger partial charge in [-0.25, -0.2) is 0 Å². The second-order valence-electron chi connectivity index (χ2n) is 7.72. The number of hydrogen-bond donors (Lipinski definition) is 3. The molecule has 2 aromatic carbocycles. The van der Waals surface area contributed by atoms with E-state index >= 15 is 0 Å². The Morgan fingerprint density at radius 1 is 1.14 bits per heavy atom. The molecule has 2 aliphatic heterocycles. The molecular weight excluding hydrogens is 372 g/mol. The van der Waals surface area contributed by atoms with Gasteiger partial charge in [0.05, 0.1) is 11.7 Å². The van der Waals surface area contributed by atoms with E-state index in [0.717, 1.165) is 11.1 Å². The molecule has 0 radical (unpaired) electrons. The topological polar surface area (TPSA) is 91.3 Å². The minimum atomic E-state index is -0.900. The van der Waals surface area contributed by atoms with E-state index in [-0.39, 0.29) is 12.7 Å². The number of hydrogen-bond acceptors (Lipinski definition) is 6. The predicted molar refractivity (Wildman–Crippen MR) is 108 cm³/mol. The summed E-state index contributed by atoms with van der Waals surface area (Å²) in [5, 5.41) is 24.4. The number of carbonyl (C=O) groups is 1. The third kappa shape index (κ3) is 4.37. The third-order valence-corrected chi connectivity index (χ3v) is 5.64. The number of β-amino-alcohol motifs (C(OH)–C–C–N with tert-alkyl or cyclic N) is 1. The molecule has 0 unspecified atom stereocenters. The van der Waals surface area contributed by atoms with E-state index in [0.29, 0.717) is 49.7 Å². The van der Waals surface area contributed by atoms with Gasteiger partial charge in [0.2, 0.25) is 12.7 Å². The van der Waals surface area contributed by atoms with Crippen molar-refractivity contribution in [1.29, 1.82) is 0 Å². The second kappa shape index (κ2) is 8.02. The van der Waals surface area contributed by atoms with Crippen molar-refractivity contribution in [2.75, 3.05) is 31.7 Å². The maximum atomic E-state index is 11.1. The van der Waals surface area contributed by atoms with Crippen molar-refractivity contribution in [2.45, 2.75) is 31.5 Å². The van der Waals surface area contributed by atoms with E-state index in [9.17, 15) is 15.0 Å². The number of piperidine rings is 1. The zero-order valence-electron chi connectivity index (χ0n) is 16.4. The molecule has 4 rings (SSSR count). The molecule has 1 fully saturated rings. The Bertz CT molecular complexity index is 875. The molecule has 154 valence electrons. The van der Waals surface area contributed by atoms with Crippen molar-refractivity contribution in [1.82, 2.24) is 4.90 Å². The Morgan fingerprint density at radius 3 is 2.52 bits per heavy atom. The summed E-state index contributed by atoms with van der Waals surface area (Å²) in [7, 11) is 0. The van der Waals surface area contributed by atoms with Crippen LogP contribution in [0.2, 0.25) is 0 Å². The van der Waals surface area contributed by atoms with Crippen molar-refractivity contribution < 1.29 is 24.5 Å². The largest absolute Gasteiger partial charge is 0.454 e. The minimum absolute atomic E-state index is 0.124. The third-order valence-electron chi connectivity index (χ3n) is 5.64. The quantitative estimate of drug-likeness (QED) is 0.716. The lowest BCUT2D eigenvalue weighted by atomic mass is 9.84. The lowest BCUT2D eigenvalue weighted by Gasteiger charge is -2.39. The fourth-order valence-corrected chi connectivity index (χ4v) is 3.92. The number of nitrogens with zero attached hydrogens (tertiary/aromatic N) is 1. The van der Waals surface area contributed by atoms with Crippen molar-refractivity contribution in [2.24, 2.45) is 0 Å². The molecule has 2 aliphatic rings. The van der Waals surface area contributed by atoms with Crippen LogP contribution in [0.1, 0.15) is 37.0 Å². The van der Waals surface area contributed by atoms with Crippen LogP contribution >= 0.6 is 0 Å². The van der Waals surface area contributed by atoms with Gasteiger partial charge in [-0.2, -0.15) is 0 Å². The summed E-state index contributed by atoms with van der Waals surface area (Å²) in [6.45, 7) is 3.55. The monoisotopic (exact) mass is 398 g/mol. The molecule has 29 heavy (non-hydrogen) atoms. The average molecular weight is 398 g/mol. The number of carbonyl (C=O) groups excluding carboxylic acids is 1. The molecule has 7 heteroatoms. The number of fused-ring (bicyclic) bond motifs is 1. The summed E-state index contributed by atoms with van der Waals surface area (Å²) in [6.07, 6.45) is 0.542. The Balaban J connectivity index is 1.34. The first-order chi connectivity index (χ1) is 13.9. The average Bonchev–Trinajstić information content (AvgIpc) is 3.18. The van der Waals surface area contributed by atoms with Crippen LogP contribution in [-0.2, 0) is 10.4 Å². The number of benzene rings is 2. The molecule has 7 nitrogen and oxygen atoms in total. The first-order valence-corrected chi connectivity index (χ1v) is 9.83. The van der Waals surface area contributed by atoms with Gasteiger partial charge >= 0.3 is 0 Å². The van der Waals surface area contributed by atoms with Gasteiger partial charge in [-0.05, 0) is 48.2 Å². The lowest BCUT2D eigenvalue weighted by Crippen LogP contribution is -2.43. The number of likely N-dealkylation sites (tertiary alicyclic amines) is 1. The summed E-state index contributed by atoms with van der Waals surface area (Å²) < 4.78 is 10.8. The SMILES string of the molecule is CC(=O)Nc1ccc([C@@H](O)CN2CCC(O)(c3ccc4c(c3)OCO4)CC2)cc1. The van der Waals surface area contributed by atoms with Gasteiger partial charge < -0.3 is 29.9 Å². The number of nitrogens with one attached hydrogen (secondary N) is 1. The molecule has 2 aromatic rings. The number of aliphatic hydroxyl groups excluding tert-OH is 1. The van der Waals surface area contributed by atoms with Crippen molar-refractivity contribution in [3.63, 3.8) is 0 Å². The van der Waals surface area contributed by atoms with Crippen LogP contribution in [0.4, 0.5) is 5.69 Å². The fraction of sp³-hybridized carbons (Fsp3) is 0.409. The normalized spacial score (nSPS) is 19.0. The highest BCUT2D eigenvalue weighted by Crippen LogP contribution is 2.39. The summed E-state index contributed by atoms with van der Waals surface area (Å²) in [6, 6.07) is 12.8. The molecule has 0 bridgehead atoms. The number of amides is 1. The van der Waals surface area contributed by atoms with Crippen LogP contribution in [-0.4, -0.2) is 47.4 Å². The Hall–Kier alpha value is -2.61. The van der Waals surface area contributed by atoms with Gasteiger partial charge in [-0.3, -0.25) is 4.79 Å². The highest BCUT2D eigenvalue weighted by molar-refractivity contribution is 5.88. The van der Waals surface area contributed by atoms with Crippen LogP contribution in [0.25, 0.3) is 0 Å². The van der Waals surface area contributed by atoms with Gasteiger partial charge in [-0.1, -0.05) is 18.2 Å². The van der Waals surface area contributed by atoms with Gasteiger partial charge in [0, 0.05) is 32.2 Å². The van der Waals surface area contributed by atoms with Crippen molar-refractivity contribution in [3.8, 4) is 11.5 Å². The smallest absolute Gasteiger partial charge is 0.231 e. The van der Waals surface area contributed by atoms with E-state index in [1.165, 1.54) is 6.92 Å². The molecule has 2 heterocycles. The van der Waals surface area contributed by atoms with E-state index in [2.05, 4.69) is 10.2 Å². The van der Waals surface area contributed by atoms with Crippen molar-refractivity contribution >= 4 is 11.6 Å². The number of aliphatic hydroxyl groups is 2. The fourth-order valence-electron chi connectivity index (χ4n) is 3.92. The first kappa shape index (κ1) is 19.7. The lowest BCUT2D eigenvalue weighted by molar-refractivity contribution is -0.114. The molecular formula is C22H26N2O5. The maximum Gasteiger partial charge on any atom is 0.231 e. The van der Waals surface area contributed by atoms with Crippen LogP contribution in [0, 0.1) is 0 Å². The first-order valence-electron chi connectivity index (χ1n) is 9.83. The van der Waals surface area contributed by atoms with E-state index < -0.39 is 11.7 Å². The zero-order valence-corrected chi connectivity index (χ0v) is 16.4. The second-order valence-corrected chi connectivity index (χ2v) is 7.72. The number of rotatable bonds is 5. The minimum Gasteiger partial charge on any atom is -0.454 e. The van der Waals surface area contributed by atoms with Gasteiger partial charge in [0.1, 0.15) is 0 Å². The predicted octanol–water partition coefficient (Wildman–Crippen LogP) is 2.39. The van der Waals surface area contributed by atoms with E-state index in [1.807, 2.05) is 30.3 Å². The standard InChI is InChI=1S/C22H26N2O5/c1-15(25)23-18-5-2-16(3-6-18)19(26)13-24-10-8-22(27,9-11-24)17-4-7-20-21(12-17)29-14-28-20/h2-7,12,19,26-27H,8-11,13-14H2,1H3,(H,23,25)/t19-/m0/s1. The summed E-state index contributed by atoms with van der Waals surface area (Å²) in [5.41, 5.74) is 1.45.